The van der Waals surface area contributed by atoms with Gasteiger partial charge in [0.15, 0.2) is 0 Å². The van der Waals surface area contributed by atoms with Crippen LogP contribution in [0.1, 0.15) is 11.1 Å². The summed E-state index contributed by atoms with van der Waals surface area (Å²) < 4.78 is 4.97. The molecule has 0 unspecified atom stereocenters. The van der Waals surface area contributed by atoms with Crippen LogP contribution in [0.25, 0.3) is 0 Å². The fourth-order valence-electron chi connectivity index (χ4n) is 1.35. The Morgan fingerprint density at radius 3 is 1.61 bits per heavy atom. The van der Waals surface area contributed by atoms with Gasteiger partial charge in [-0.3, -0.25) is 0 Å². The molecule has 2 aromatic rings. The lowest BCUT2D eigenvalue weighted by Gasteiger charge is -1.97. The van der Waals surface area contributed by atoms with Crippen molar-refractivity contribution >= 4 is 11.8 Å². The second-order valence-electron chi connectivity index (χ2n) is 4.03. The quantitative estimate of drug-likeness (QED) is 0.722. The van der Waals surface area contributed by atoms with Crippen molar-refractivity contribution < 1.29 is 4.74 Å². The Kier molecular flexibility index (Phi) is 6.37. The van der Waals surface area contributed by atoms with Gasteiger partial charge < -0.3 is 4.74 Å². The first-order valence-corrected chi connectivity index (χ1v) is 7.09. The van der Waals surface area contributed by atoms with E-state index >= 15 is 0 Å². The molecule has 0 bridgehead atoms. The molecule has 0 aliphatic heterocycles. The maximum atomic E-state index is 4.97. The van der Waals surface area contributed by atoms with Gasteiger partial charge in [-0.1, -0.05) is 35.4 Å². The van der Waals surface area contributed by atoms with Crippen molar-refractivity contribution in [1.29, 1.82) is 0 Å². The molecule has 18 heavy (non-hydrogen) atoms. The molecule has 0 atom stereocenters. The van der Waals surface area contributed by atoms with Gasteiger partial charge in [-0.2, -0.15) is 0 Å². The van der Waals surface area contributed by atoms with E-state index in [-0.39, 0.29) is 0 Å². The average molecular weight is 260 g/mol. The molecule has 0 fully saturated rings. The molecular formula is C16H20OS. The third-order valence-electron chi connectivity index (χ3n) is 2.51. The number of benzene rings is 2. The minimum atomic E-state index is 0.917. The minimum absolute atomic E-state index is 0.917. The Balaban J connectivity index is 0.000000180. The number of aryl methyl sites for hydroxylation is 2. The predicted octanol–water partition coefficient (Wildman–Crippen LogP) is 4.72. The average Bonchev–Trinajstić information content (AvgIpc) is 2.41. The Morgan fingerprint density at radius 2 is 1.22 bits per heavy atom. The highest BCUT2D eigenvalue weighted by Crippen LogP contribution is 2.13. The van der Waals surface area contributed by atoms with E-state index in [1.54, 1.807) is 18.9 Å². The smallest absolute Gasteiger partial charge is 0.118 e. The Labute approximate surface area is 114 Å². The SMILES string of the molecule is COc1ccc(C)cc1.CSc1ccc(C)cc1. The second-order valence-corrected chi connectivity index (χ2v) is 4.91. The maximum Gasteiger partial charge on any atom is 0.118 e. The van der Waals surface area contributed by atoms with Gasteiger partial charge >= 0.3 is 0 Å². The van der Waals surface area contributed by atoms with E-state index in [1.165, 1.54) is 16.0 Å². The van der Waals surface area contributed by atoms with E-state index in [9.17, 15) is 0 Å². The number of rotatable bonds is 2. The number of hydrogen-bond donors (Lipinski definition) is 0. The first-order chi connectivity index (χ1) is 8.65. The molecular weight excluding hydrogens is 240 g/mol. The molecule has 0 aliphatic carbocycles. The van der Waals surface area contributed by atoms with Crippen LogP contribution in [0.3, 0.4) is 0 Å². The molecule has 0 radical (unpaired) electrons. The van der Waals surface area contributed by atoms with Crippen molar-refractivity contribution in [2.45, 2.75) is 18.7 Å². The molecule has 2 rings (SSSR count). The molecule has 0 saturated carbocycles. The summed E-state index contributed by atoms with van der Waals surface area (Å²) in [5.74, 6) is 0.917. The van der Waals surface area contributed by atoms with Crippen molar-refractivity contribution in [1.82, 2.24) is 0 Å². The van der Waals surface area contributed by atoms with Crippen LogP contribution in [0.15, 0.2) is 53.4 Å². The van der Waals surface area contributed by atoms with Crippen LogP contribution in [0.5, 0.6) is 5.75 Å². The van der Waals surface area contributed by atoms with Crippen molar-refractivity contribution in [3.8, 4) is 5.75 Å². The summed E-state index contributed by atoms with van der Waals surface area (Å²) in [6, 6.07) is 16.5. The van der Waals surface area contributed by atoms with Gasteiger partial charge in [0.05, 0.1) is 7.11 Å². The molecule has 96 valence electrons. The number of ether oxygens (including phenoxy) is 1. The Morgan fingerprint density at radius 1 is 0.778 bits per heavy atom. The first-order valence-electron chi connectivity index (χ1n) is 5.87. The summed E-state index contributed by atoms with van der Waals surface area (Å²) in [5.41, 5.74) is 2.59. The number of methoxy groups -OCH3 is 1. The van der Waals surface area contributed by atoms with Gasteiger partial charge in [0, 0.05) is 4.90 Å². The van der Waals surface area contributed by atoms with Gasteiger partial charge in [0.2, 0.25) is 0 Å². The molecule has 1 nitrogen and oxygen atoms in total. The maximum absolute atomic E-state index is 4.97. The van der Waals surface area contributed by atoms with Crippen LogP contribution >= 0.6 is 11.8 Å². The number of thioether (sulfide) groups is 1. The third kappa shape index (κ3) is 5.28. The highest BCUT2D eigenvalue weighted by atomic mass is 32.2. The van der Waals surface area contributed by atoms with Crippen molar-refractivity contribution in [3.63, 3.8) is 0 Å². The summed E-state index contributed by atoms with van der Waals surface area (Å²) in [4.78, 5) is 1.33. The zero-order valence-electron chi connectivity index (χ0n) is 11.4. The monoisotopic (exact) mass is 260 g/mol. The van der Waals surface area contributed by atoms with Gasteiger partial charge in [-0.15, -0.1) is 11.8 Å². The van der Waals surface area contributed by atoms with Crippen molar-refractivity contribution in [2.24, 2.45) is 0 Å². The normalized spacial score (nSPS) is 9.33. The van der Waals surface area contributed by atoms with Gasteiger partial charge in [0.25, 0.3) is 0 Å². The van der Waals surface area contributed by atoms with Crippen molar-refractivity contribution in [3.05, 3.63) is 59.7 Å². The van der Waals surface area contributed by atoms with Crippen LogP contribution in [-0.4, -0.2) is 13.4 Å². The standard InChI is InChI=1S/C8H10O.C8H10S/c2*1-7-3-5-8(9-2)6-4-7/h2*3-6H,1-2H3. The zero-order chi connectivity index (χ0) is 13.4. The summed E-state index contributed by atoms with van der Waals surface area (Å²) >= 11 is 1.78. The summed E-state index contributed by atoms with van der Waals surface area (Å²) in [6.07, 6.45) is 2.09. The lowest BCUT2D eigenvalue weighted by atomic mass is 10.2. The molecule has 0 aliphatic rings. The number of hydrogen-bond acceptors (Lipinski definition) is 2. The zero-order valence-corrected chi connectivity index (χ0v) is 12.3. The fraction of sp³-hybridized carbons (Fsp3) is 0.250. The largest absolute Gasteiger partial charge is 0.497 e. The molecule has 0 heterocycles. The highest BCUT2D eigenvalue weighted by Gasteiger charge is 1.86. The third-order valence-corrected chi connectivity index (χ3v) is 3.26. The van der Waals surface area contributed by atoms with Gasteiger partial charge in [-0.05, 0) is 44.4 Å². The highest BCUT2D eigenvalue weighted by molar-refractivity contribution is 7.98. The molecule has 0 amide bonds. The Hall–Kier alpha value is -1.41. The Bertz CT molecular complexity index is 400. The lowest BCUT2D eigenvalue weighted by molar-refractivity contribution is 0.414. The minimum Gasteiger partial charge on any atom is -0.497 e. The summed E-state index contributed by atoms with van der Waals surface area (Å²) in [7, 11) is 1.67. The predicted molar refractivity (Wildman–Crippen MR) is 80.7 cm³/mol. The summed E-state index contributed by atoms with van der Waals surface area (Å²) in [5, 5.41) is 0. The summed E-state index contributed by atoms with van der Waals surface area (Å²) in [6.45, 7) is 4.16. The molecule has 2 heteroatoms. The molecule has 0 spiro atoms. The van der Waals surface area contributed by atoms with Gasteiger partial charge in [-0.25, -0.2) is 0 Å². The molecule has 0 aromatic heterocycles. The second kappa shape index (κ2) is 7.83. The van der Waals surface area contributed by atoms with Crippen LogP contribution in [0, 0.1) is 13.8 Å². The van der Waals surface area contributed by atoms with Crippen LogP contribution < -0.4 is 4.74 Å². The fourth-order valence-corrected chi connectivity index (χ4v) is 1.76. The lowest BCUT2D eigenvalue weighted by Crippen LogP contribution is -1.80. The molecule has 0 N–H and O–H groups in total. The van der Waals surface area contributed by atoms with Crippen LogP contribution in [0.2, 0.25) is 0 Å². The van der Waals surface area contributed by atoms with E-state index in [1.807, 2.05) is 24.3 Å². The van der Waals surface area contributed by atoms with E-state index in [2.05, 4.69) is 44.4 Å². The van der Waals surface area contributed by atoms with E-state index in [0.717, 1.165) is 5.75 Å². The van der Waals surface area contributed by atoms with Crippen molar-refractivity contribution in [2.75, 3.05) is 13.4 Å². The van der Waals surface area contributed by atoms with E-state index in [4.69, 9.17) is 4.74 Å². The first kappa shape index (κ1) is 14.7. The molecule has 2 aromatic carbocycles. The van der Waals surface area contributed by atoms with Gasteiger partial charge in [0.1, 0.15) is 5.75 Å². The topological polar surface area (TPSA) is 9.23 Å². The molecule has 0 saturated heterocycles. The van der Waals surface area contributed by atoms with E-state index in [0.29, 0.717) is 0 Å². The van der Waals surface area contributed by atoms with Crippen LogP contribution in [-0.2, 0) is 0 Å². The van der Waals surface area contributed by atoms with E-state index < -0.39 is 0 Å². The van der Waals surface area contributed by atoms with Crippen LogP contribution in [0.4, 0.5) is 0 Å².